The molecule has 0 heterocycles. The van der Waals surface area contributed by atoms with Gasteiger partial charge in [-0.25, -0.2) is 0 Å². The summed E-state index contributed by atoms with van der Waals surface area (Å²) in [7, 11) is -2.58. The maximum absolute atomic E-state index is 13.4. The lowest BCUT2D eigenvalue weighted by Crippen LogP contribution is -2.26. The van der Waals surface area contributed by atoms with Gasteiger partial charge in [0.25, 0.3) is 0 Å². The van der Waals surface area contributed by atoms with Gasteiger partial charge >= 0.3 is 0 Å². The van der Waals surface area contributed by atoms with Crippen molar-refractivity contribution in [2.75, 3.05) is 18.4 Å². The molecule has 0 aliphatic carbocycles. The summed E-state index contributed by atoms with van der Waals surface area (Å²) >= 11 is 1.70. The molecule has 0 aromatic heterocycles. The summed E-state index contributed by atoms with van der Waals surface area (Å²) < 4.78 is 13.4. The van der Waals surface area contributed by atoms with E-state index in [2.05, 4.69) is 5.32 Å². The SMILES string of the molecule is CSCNCP(=O)(c1ccccc1)c1ccccc1. The van der Waals surface area contributed by atoms with Gasteiger partial charge in [-0.3, -0.25) is 0 Å². The number of rotatable bonds is 6. The normalized spacial score (nSPS) is 11.4. The van der Waals surface area contributed by atoms with E-state index in [1.165, 1.54) is 0 Å². The minimum absolute atomic E-state index is 0.502. The first-order valence-electron chi connectivity index (χ1n) is 6.17. The summed E-state index contributed by atoms with van der Waals surface area (Å²) in [5, 5.41) is 5.10. The van der Waals surface area contributed by atoms with Gasteiger partial charge in [0.2, 0.25) is 0 Å². The highest BCUT2D eigenvalue weighted by Gasteiger charge is 2.26. The smallest absolute Gasteiger partial charge is 0.156 e. The molecule has 0 atom stereocenters. The Balaban J connectivity index is 2.36. The number of hydrogen-bond acceptors (Lipinski definition) is 3. The molecule has 0 spiro atoms. The summed E-state index contributed by atoms with van der Waals surface area (Å²) in [5.41, 5.74) is 0. The Labute approximate surface area is 119 Å². The highest BCUT2D eigenvalue weighted by atomic mass is 32.2. The van der Waals surface area contributed by atoms with E-state index in [9.17, 15) is 4.57 Å². The molecule has 2 aromatic rings. The van der Waals surface area contributed by atoms with Gasteiger partial charge in [-0.2, -0.15) is 0 Å². The molecular formula is C15H18NOPS. The molecular weight excluding hydrogens is 273 g/mol. The predicted octanol–water partition coefficient (Wildman–Crippen LogP) is 2.87. The molecule has 4 heteroatoms. The monoisotopic (exact) mass is 291 g/mol. The van der Waals surface area contributed by atoms with Crippen molar-refractivity contribution in [2.24, 2.45) is 0 Å². The van der Waals surface area contributed by atoms with E-state index in [1.54, 1.807) is 11.8 Å². The summed E-state index contributed by atoms with van der Waals surface area (Å²) in [5.74, 6) is 0.809. The van der Waals surface area contributed by atoms with Crippen molar-refractivity contribution in [1.82, 2.24) is 5.32 Å². The van der Waals surface area contributed by atoms with Crippen molar-refractivity contribution in [3.05, 3.63) is 60.7 Å². The van der Waals surface area contributed by atoms with Crippen LogP contribution in [0.25, 0.3) is 0 Å². The first-order chi connectivity index (χ1) is 9.27. The van der Waals surface area contributed by atoms with E-state index in [4.69, 9.17) is 0 Å². The average Bonchev–Trinajstić information content (AvgIpc) is 2.49. The highest BCUT2D eigenvalue weighted by molar-refractivity contribution is 7.98. The second-order valence-electron chi connectivity index (χ2n) is 4.25. The first kappa shape index (κ1) is 14.4. The van der Waals surface area contributed by atoms with E-state index in [1.807, 2.05) is 66.9 Å². The number of benzene rings is 2. The van der Waals surface area contributed by atoms with Crippen LogP contribution in [0.3, 0.4) is 0 Å². The number of thioether (sulfide) groups is 1. The van der Waals surface area contributed by atoms with Gasteiger partial charge in [-0.05, 0) is 6.26 Å². The molecule has 0 amide bonds. The maximum atomic E-state index is 13.4. The van der Waals surface area contributed by atoms with Crippen LogP contribution in [0.5, 0.6) is 0 Å². The topological polar surface area (TPSA) is 29.1 Å². The van der Waals surface area contributed by atoms with Crippen molar-refractivity contribution >= 4 is 29.5 Å². The minimum atomic E-state index is -2.58. The van der Waals surface area contributed by atoms with Crippen LogP contribution < -0.4 is 15.9 Å². The number of nitrogens with one attached hydrogen (secondary N) is 1. The Morgan fingerprint density at radius 2 is 1.42 bits per heavy atom. The van der Waals surface area contributed by atoms with Gasteiger partial charge in [0.15, 0.2) is 7.14 Å². The van der Waals surface area contributed by atoms with Crippen LogP contribution in [-0.4, -0.2) is 18.4 Å². The Morgan fingerprint density at radius 1 is 0.947 bits per heavy atom. The van der Waals surface area contributed by atoms with Crippen LogP contribution in [0.15, 0.2) is 60.7 Å². The van der Waals surface area contributed by atoms with Crippen LogP contribution >= 0.6 is 18.9 Å². The van der Waals surface area contributed by atoms with E-state index in [-0.39, 0.29) is 0 Å². The minimum Gasteiger partial charge on any atom is -0.312 e. The molecule has 100 valence electrons. The lowest BCUT2D eigenvalue weighted by Gasteiger charge is -2.19. The largest absolute Gasteiger partial charge is 0.312 e. The lowest BCUT2D eigenvalue weighted by atomic mass is 10.4. The zero-order valence-electron chi connectivity index (χ0n) is 11.0. The van der Waals surface area contributed by atoms with Crippen molar-refractivity contribution in [3.63, 3.8) is 0 Å². The molecule has 2 nitrogen and oxygen atoms in total. The standard InChI is InChI=1S/C15H18NOPS/c1-19-13-16-12-18(17,14-8-4-2-5-9-14)15-10-6-3-7-11-15/h2-11,16H,12-13H2,1H3. The molecule has 2 aromatic carbocycles. The summed E-state index contributed by atoms with van der Waals surface area (Å²) in [6.45, 7) is 0. The van der Waals surface area contributed by atoms with Gasteiger partial charge < -0.3 is 9.88 Å². The molecule has 0 unspecified atom stereocenters. The Hall–Kier alpha value is -1.02. The van der Waals surface area contributed by atoms with E-state index in [0.717, 1.165) is 16.5 Å². The zero-order valence-corrected chi connectivity index (χ0v) is 12.7. The Kier molecular flexibility index (Phi) is 5.26. The van der Waals surface area contributed by atoms with Crippen molar-refractivity contribution in [1.29, 1.82) is 0 Å². The van der Waals surface area contributed by atoms with Crippen molar-refractivity contribution in [3.8, 4) is 0 Å². The second kappa shape index (κ2) is 6.95. The van der Waals surface area contributed by atoms with Gasteiger partial charge in [0, 0.05) is 16.5 Å². The molecule has 0 aliphatic heterocycles. The second-order valence-corrected chi connectivity index (χ2v) is 7.95. The van der Waals surface area contributed by atoms with Gasteiger partial charge in [-0.15, -0.1) is 11.8 Å². The molecule has 0 bridgehead atoms. The third kappa shape index (κ3) is 3.50. The molecule has 0 radical (unpaired) electrons. The van der Waals surface area contributed by atoms with Crippen LogP contribution in [0.2, 0.25) is 0 Å². The first-order valence-corrected chi connectivity index (χ1v) is 9.46. The molecule has 0 fully saturated rings. The Bertz CT molecular complexity index is 501. The molecule has 0 saturated heterocycles. The fourth-order valence-corrected chi connectivity index (χ4v) is 4.83. The molecule has 2 rings (SSSR count). The number of hydrogen-bond donors (Lipinski definition) is 1. The third-order valence-corrected chi connectivity index (χ3v) is 6.35. The van der Waals surface area contributed by atoms with Crippen LogP contribution in [0.1, 0.15) is 0 Å². The highest BCUT2D eigenvalue weighted by Crippen LogP contribution is 2.41. The van der Waals surface area contributed by atoms with Crippen molar-refractivity contribution in [2.45, 2.75) is 0 Å². The Morgan fingerprint density at radius 3 is 1.84 bits per heavy atom. The van der Waals surface area contributed by atoms with Crippen LogP contribution in [-0.2, 0) is 4.57 Å². The molecule has 19 heavy (non-hydrogen) atoms. The van der Waals surface area contributed by atoms with E-state index < -0.39 is 7.14 Å². The summed E-state index contributed by atoms with van der Waals surface area (Å²) in [6, 6.07) is 19.5. The van der Waals surface area contributed by atoms with Crippen LogP contribution in [0, 0.1) is 0 Å². The fraction of sp³-hybridized carbons (Fsp3) is 0.200. The van der Waals surface area contributed by atoms with Gasteiger partial charge in [0.1, 0.15) is 0 Å². The quantitative estimate of drug-likeness (QED) is 0.504. The fourth-order valence-electron chi connectivity index (χ4n) is 1.97. The van der Waals surface area contributed by atoms with E-state index >= 15 is 0 Å². The van der Waals surface area contributed by atoms with Crippen LogP contribution in [0.4, 0.5) is 0 Å². The third-order valence-electron chi connectivity index (χ3n) is 2.93. The molecule has 0 saturated carbocycles. The molecule has 0 aliphatic rings. The average molecular weight is 291 g/mol. The zero-order chi connectivity index (χ0) is 13.6. The van der Waals surface area contributed by atoms with Crippen molar-refractivity contribution < 1.29 is 4.57 Å². The van der Waals surface area contributed by atoms with Gasteiger partial charge in [-0.1, -0.05) is 60.7 Å². The molecule has 1 N–H and O–H groups in total. The summed E-state index contributed by atoms with van der Waals surface area (Å²) in [4.78, 5) is 0. The predicted molar refractivity (Wildman–Crippen MR) is 86.1 cm³/mol. The van der Waals surface area contributed by atoms with Gasteiger partial charge in [0.05, 0.1) is 6.29 Å². The lowest BCUT2D eigenvalue weighted by molar-refractivity contribution is 0.584. The van der Waals surface area contributed by atoms with E-state index in [0.29, 0.717) is 6.29 Å². The maximum Gasteiger partial charge on any atom is 0.156 e. The summed E-state index contributed by atoms with van der Waals surface area (Å²) in [6.07, 6.45) is 2.53.